The Kier molecular flexibility index (Phi) is 5.32. The fraction of sp³-hybridized carbons (Fsp3) is 0.167. The maximum atomic E-state index is 10.0. The standard InChI is InChI=1S/C24H24O4/c1-5-16(7-6-14(2)3)24-23(17-8-10-20(26)21(27)12-17)15(4)19-13-18(25)9-11-22(19)28-24/h5-13,24-27H,2H2,1,3-4H3/b7-6-,16-5+. The van der Waals surface area contributed by atoms with Gasteiger partial charge in [-0.15, -0.1) is 0 Å². The quantitative estimate of drug-likeness (QED) is 0.482. The van der Waals surface area contributed by atoms with E-state index in [0.717, 1.165) is 33.4 Å². The van der Waals surface area contributed by atoms with Gasteiger partial charge in [-0.2, -0.15) is 0 Å². The number of fused-ring (bicyclic) bond motifs is 1. The number of ether oxygens (including phenoxy) is 1. The molecule has 0 saturated carbocycles. The number of rotatable bonds is 4. The monoisotopic (exact) mass is 376 g/mol. The van der Waals surface area contributed by atoms with Crippen molar-refractivity contribution in [3.05, 3.63) is 83.5 Å². The van der Waals surface area contributed by atoms with Crippen LogP contribution in [0, 0.1) is 0 Å². The predicted octanol–water partition coefficient (Wildman–Crippen LogP) is 5.57. The van der Waals surface area contributed by atoms with Crippen molar-refractivity contribution in [3.8, 4) is 23.0 Å². The van der Waals surface area contributed by atoms with E-state index in [1.165, 1.54) is 12.1 Å². The largest absolute Gasteiger partial charge is 0.508 e. The van der Waals surface area contributed by atoms with Gasteiger partial charge >= 0.3 is 0 Å². The molecule has 3 N–H and O–H groups in total. The minimum absolute atomic E-state index is 0.154. The van der Waals surface area contributed by atoms with Crippen molar-refractivity contribution in [2.75, 3.05) is 0 Å². The van der Waals surface area contributed by atoms with Gasteiger partial charge in [0.1, 0.15) is 17.6 Å². The summed E-state index contributed by atoms with van der Waals surface area (Å²) in [6.45, 7) is 9.73. The van der Waals surface area contributed by atoms with Crippen molar-refractivity contribution in [2.45, 2.75) is 26.9 Å². The van der Waals surface area contributed by atoms with Crippen LogP contribution >= 0.6 is 0 Å². The van der Waals surface area contributed by atoms with Crippen LogP contribution in [0.1, 0.15) is 31.9 Å². The summed E-state index contributed by atoms with van der Waals surface area (Å²) >= 11 is 0. The van der Waals surface area contributed by atoms with Crippen LogP contribution in [0.15, 0.2) is 72.4 Å². The van der Waals surface area contributed by atoms with E-state index in [4.69, 9.17) is 4.74 Å². The molecule has 2 aromatic rings. The van der Waals surface area contributed by atoms with Crippen LogP contribution in [0.25, 0.3) is 11.1 Å². The first kappa shape index (κ1) is 19.4. The lowest BCUT2D eigenvalue weighted by atomic mass is 9.85. The fourth-order valence-electron chi connectivity index (χ4n) is 3.31. The van der Waals surface area contributed by atoms with E-state index in [2.05, 4.69) is 6.58 Å². The number of benzene rings is 2. The summed E-state index contributed by atoms with van der Waals surface area (Å²) in [4.78, 5) is 0. The van der Waals surface area contributed by atoms with Crippen molar-refractivity contribution < 1.29 is 20.1 Å². The van der Waals surface area contributed by atoms with Gasteiger partial charge in [0.15, 0.2) is 11.5 Å². The molecule has 0 radical (unpaired) electrons. The lowest BCUT2D eigenvalue weighted by molar-refractivity contribution is 0.291. The average molecular weight is 376 g/mol. The maximum Gasteiger partial charge on any atom is 0.158 e. The van der Waals surface area contributed by atoms with E-state index < -0.39 is 6.10 Å². The van der Waals surface area contributed by atoms with Crippen LogP contribution in [0.2, 0.25) is 0 Å². The maximum absolute atomic E-state index is 10.0. The predicted molar refractivity (Wildman–Crippen MR) is 112 cm³/mol. The van der Waals surface area contributed by atoms with Gasteiger partial charge in [-0.3, -0.25) is 0 Å². The second kappa shape index (κ2) is 7.69. The molecule has 2 aromatic carbocycles. The summed E-state index contributed by atoms with van der Waals surface area (Å²) in [6, 6.07) is 9.74. The van der Waals surface area contributed by atoms with Crippen LogP contribution in [0.4, 0.5) is 0 Å². The summed E-state index contributed by atoms with van der Waals surface area (Å²) in [6.07, 6.45) is 5.45. The summed E-state index contributed by atoms with van der Waals surface area (Å²) < 4.78 is 6.32. The van der Waals surface area contributed by atoms with Crippen molar-refractivity contribution in [1.29, 1.82) is 0 Å². The zero-order valence-electron chi connectivity index (χ0n) is 16.2. The summed E-state index contributed by atoms with van der Waals surface area (Å²) in [5.41, 5.74) is 5.16. The zero-order valence-corrected chi connectivity index (χ0v) is 16.2. The van der Waals surface area contributed by atoms with Gasteiger partial charge in [0.05, 0.1) is 0 Å². The smallest absolute Gasteiger partial charge is 0.158 e. The van der Waals surface area contributed by atoms with Crippen molar-refractivity contribution in [2.24, 2.45) is 0 Å². The molecule has 3 rings (SSSR count). The molecule has 4 heteroatoms. The molecular weight excluding hydrogens is 352 g/mol. The van der Waals surface area contributed by atoms with Crippen molar-refractivity contribution >= 4 is 11.1 Å². The summed E-state index contributed by atoms with van der Waals surface area (Å²) in [5.74, 6) is 0.455. The van der Waals surface area contributed by atoms with E-state index in [1.54, 1.807) is 24.3 Å². The Morgan fingerprint density at radius 3 is 2.43 bits per heavy atom. The Morgan fingerprint density at radius 2 is 1.79 bits per heavy atom. The lowest BCUT2D eigenvalue weighted by Gasteiger charge is -2.31. The van der Waals surface area contributed by atoms with Crippen LogP contribution in [0.3, 0.4) is 0 Å². The molecule has 1 unspecified atom stereocenters. The molecule has 0 aromatic heterocycles. The summed E-state index contributed by atoms with van der Waals surface area (Å²) in [5, 5.41) is 29.7. The number of hydrogen-bond donors (Lipinski definition) is 3. The van der Waals surface area contributed by atoms with E-state index in [0.29, 0.717) is 5.75 Å². The number of allylic oxidation sites excluding steroid dienone is 4. The van der Waals surface area contributed by atoms with E-state index in [9.17, 15) is 15.3 Å². The van der Waals surface area contributed by atoms with Crippen molar-refractivity contribution in [1.82, 2.24) is 0 Å². The molecule has 4 nitrogen and oxygen atoms in total. The molecule has 0 aliphatic carbocycles. The van der Waals surface area contributed by atoms with Crippen molar-refractivity contribution in [3.63, 3.8) is 0 Å². The molecule has 144 valence electrons. The second-order valence-electron chi connectivity index (χ2n) is 6.89. The van der Waals surface area contributed by atoms with Crippen LogP contribution in [-0.4, -0.2) is 21.4 Å². The fourth-order valence-corrected chi connectivity index (χ4v) is 3.31. The zero-order chi connectivity index (χ0) is 20.4. The molecule has 1 heterocycles. The minimum Gasteiger partial charge on any atom is -0.508 e. The SMILES string of the molecule is C=C(C)/C=C\C(=C/C)C1Oc2ccc(O)cc2C(C)=C1c1ccc(O)c(O)c1. The number of hydrogen-bond acceptors (Lipinski definition) is 4. The lowest BCUT2D eigenvalue weighted by Crippen LogP contribution is -2.25. The van der Waals surface area contributed by atoms with Gasteiger partial charge in [0.2, 0.25) is 0 Å². The number of aromatic hydroxyl groups is 3. The Hall–Kier alpha value is -3.40. The highest BCUT2D eigenvalue weighted by Crippen LogP contribution is 2.44. The highest BCUT2D eigenvalue weighted by molar-refractivity contribution is 5.97. The minimum atomic E-state index is -0.415. The van der Waals surface area contributed by atoms with Crippen LogP contribution in [0.5, 0.6) is 23.0 Å². The summed E-state index contributed by atoms with van der Waals surface area (Å²) in [7, 11) is 0. The van der Waals surface area contributed by atoms with Gasteiger partial charge in [0, 0.05) is 11.1 Å². The molecule has 28 heavy (non-hydrogen) atoms. The third kappa shape index (κ3) is 3.67. The van der Waals surface area contributed by atoms with Gasteiger partial charge in [0.25, 0.3) is 0 Å². The van der Waals surface area contributed by atoms with E-state index in [1.807, 2.05) is 39.0 Å². The van der Waals surface area contributed by atoms with Gasteiger partial charge in [-0.25, -0.2) is 0 Å². The first-order valence-electron chi connectivity index (χ1n) is 9.04. The van der Waals surface area contributed by atoms with Gasteiger partial charge < -0.3 is 20.1 Å². The third-order valence-electron chi connectivity index (χ3n) is 4.76. The van der Waals surface area contributed by atoms with Crippen LogP contribution in [-0.2, 0) is 0 Å². The normalized spacial score (nSPS) is 16.8. The molecule has 1 atom stereocenters. The molecular formula is C24H24O4. The first-order chi connectivity index (χ1) is 13.3. The molecule has 1 aliphatic rings. The topological polar surface area (TPSA) is 69.9 Å². The Balaban J connectivity index is 2.23. The molecule has 0 bridgehead atoms. The Bertz CT molecular complexity index is 1020. The average Bonchev–Trinajstić information content (AvgIpc) is 2.65. The molecule has 0 spiro atoms. The van der Waals surface area contributed by atoms with Gasteiger partial charge in [-0.1, -0.05) is 36.4 Å². The molecule has 1 aliphatic heterocycles. The molecule has 0 fully saturated rings. The van der Waals surface area contributed by atoms with E-state index >= 15 is 0 Å². The third-order valence-corrected chi connectivity index (χ3v) is 4.76. The Labute approximate surface area is 165 Å². The van der Waals surface area contributed by atoms with Gasteiger partial charge in [-0.05, 0) is 67.8 Å². The number of phenols is 3. The first-order valence-corrected chi connectivity index (χ1v) is 9.04. The number of phenolic OH excluding ortho intramolecular Hbond substituents is 3. The van der Waals surface area contributed by atoms with E-state index in [-0.39, 0.29) is 17.2 Å². The second-order valence-corrected chi connectivity index (χ2v) is 6.89. The molecule has 0 amide bonds. The Morgan fingerprint density at radius 1 is 1.04 bits per heavy atom. The highest BCUT2D eigenvalue weighted by Gasteiger charge is 2.30. The molecule has 0 saturated heterocycles. The highest BCUT2D eigenvalue weighted by atomic mass is 16.5. The van der Waals surface area contributed by atoms with Crippen LogP contribution < -0.4 is 4.74 Å².